The van der Waals surface area contributed by atoms with Gasteiger partial charge in [0, 0.05) is 30.9 Å². The largest absolute Gasteiger partial charge is 0.506 e. The number of para-hydroxylation sites is 1. The number of carbonyl (C=O) groups is 1. The van der Waals surface area contributed by atoms with E-state index >= 15 is 0 Å². The Balaban J connectivity index is 2.23. The average Bonchev–Trinajstić information content (AvgIpc) is 2.60. The number of aryl methyl sites for hydroxylation is 1. The van der Waals surface area contributed by atoms with Crippen molar-refractivity contribution in [2.45, 2.75) is 0 Å². The number of hydrogen-bond donors (Lipinski definition) is 2. The van der Waals surface area contributed by atoms with E-state index in [2.05, 4.69) is 0 Å². The van der Waals surface area contributed by atoms with Gasteiger partial charge in [-0.1, -0.05) is 18.2 Å². The first-order chi connectivity index (χ1) is 11.4. The highest BCUT2D eigenvalue weighted by Crippen LogP contribution is 2.29. The van der Waals surface area contributed by atoms with Crippen molar-refractivity contribution in [2.75, 3.05) is 17.7 Å². The number of nitrogens with two attached hydrogens (primary N) is 1. The average molecular weight is 323 g/mol. The van der Waals surface area contributed by atoms with Crippen molar-refractivity contribution in [2.24, 2.45) is 7.05 Å². The molecule has 0 aliphatic carbocycles. The fourth-order valence-corrected chi connectivity index (χ4v) is 2.68. The van der Waals surface area contributed by atoms with E-state index in [0.717, 1.165) is 0 Å². The molecule has 0 atom stereocenters. The van der Waals surface area contributed by atoms with Gasteiger partial charge in [-0.2, -0.15) is 0 Å². The predicted molar refractivity (Wildman–Crippen MR) is 94.4 cm³/mol. The number of aromatic hydroxyl groups is 1. The molecule has 3 aromatic rings. The Labute approximate surface area is 138 Å². The molecule has 0 spiro atoms. The first-order valence-corrected chi connectivity index (χ1v) is 7.36. The lowest BCUT2D eigenvalue weighted by atomic mass is 10.1. The van der Waals surface area contributed by atoms with Gasteiger partial charge >= 0.3 is 0 Å². The summed E-state index contributed by atoms with van der Waals surface area (Å²) in [5.74, 6) is -0.934. The summed E-state index contributed by atoms with van der Waals surface area (Å²) in [7, 11) is 3.11. The molecule has 0 fully saturated rings. The van der Waals surface area contributed by atoms with Crippen molar-refractivity contribution < 1.29 is 9.90 Å². The molecule has 6 nitrogen and oxygen atoms in total. The molecule has 122 valence electrons. The number of hydrogen-bond acceptors (Lipinski definition) is 4. The molecule has 1 heterocycles. The Morgan fingerprint density at radius 1 is 1.17 bits per heavy atom. The van der Waals surface area contributed by atoms with Crippen molar-refractivity contribution in [3.05, 3.63) is 64.4 Å². The first-order valence-electron chi connectivity index (χ1n) is 7.36. The fourth-order valence-electron chi connectivity index (χ4n) is 2.68. The van der Waals surface area contributed by atoms with Crippen LogP contribution in [0, 0.1) is 0 Å². The topological polar surface area (TPSA) is 88.6 Å². The fraction of sp³-hybridized carbons (Fsp3) is 0.111. The number of carbonyl (C=O) groups excluding carboxylic acids is 1. The van der Waals surface area contributed by atoms with Crippen molar-refractivity contribution in [3.8, 4) is 5.75 Å². The number of amides is 1. The molecule has 0 saturated carbocycles. The second-order valence-electron chi connectivity index (χ2n) is 5.56. The van der Waals surface area contributed by atoms with Crippen LogP contribution >= 0.6 is 0 Å². The standard InChI is InChI=1S/C18H17N3O3/c1-20(12-6-4-3-5-7-12)17(23)15-16(22)13-10-11(19)8-9-14(13)21(2)18(15)24/h3-10,22H,19H2,1-2H3. The van der Waals surface area contributed by atoms with E-state index in [9.17, 15) is 14.7 Å². The van der Waals surface area contributed by atoms with Crippen molar-refractivity contribution >= 4 is 28.2 Å². The van der Waals surface area contributed by atoms with E-state index in [0.29, 0.717) is 22.3 Å². The minimum atomic E-state index is -0.580. The van der Waals surface area contributed by atoms with E-state index in [1.165, 1.54) is 9.47 Å². The lowest BCUT2D eigenvalue weighted by Crippen LogP contribution is -2.34. The molecular weight excluding hydrogens is 306 g/mol. The zero-order chi connectivity index (χ0) is 17.4. The highest BCUT2D eigenvalue weighted by molar-refractivity contribution is 6.10. The lowest BCUT2D eigenvalue weighted by molar-refractivity contribution is 0.0988. The highest BCUT2D eigenvalue weighted by atomic mass is 16.3. The van der Waals surface area contributed by atoms with Crippen molar-refractivity contribution in [3.63, 3.8) is 0 Å². The Morgan fingerprint density at radius 3 is 2.50 bits per heavy atom. The molecule has 0 radical (unpaired) electrons. The number of fused-ring (bicyclic) bond motifs is 1. The molecule has 3 rings (SSSR count). The van der Waals surface area contributed by atoms with E-state index in [4.69, 9.17) is 5.73 Å². The SMILES string of the molecule is CN(C(=O)c1c(O)c2cc(N)ccc2n(C)c1=O)c1ccccc1. The van der Waals surface area contributed by atoms with Gasteiger partial charge in [0.05, 0.1) is 5.52 Å². The van der Waals surface area contributed by atoms with Gasteiger partial charge in [-0.25, -0.2) is 0 Å². The summed E-state index contributed by atoms with van der Waals surface area (Å²) < 4.78 is 1.33. The Hall–Kier alpha value is -3.28. The van der Waals surface area contributed by atoms with Crippen LogP contribution in [0.25, 0.3) is 10.9 Å². The molecule has 0 aliphatic heterocycles. The van der Waals surface area contributed by atoms with E-state index in [1.54, 1.807) is 56.6 Å². The van der Waals surface area contributed by atoms with Crippen LogP contribution in [0.1, 0.15) is 10.4 Å². The zero-order valence-electron chi connectivity index (χ0n) is 13.4. The third kappa shape index (κ3) is 2.38. The van der Waals surface area contributed by atoms with Crippen LogP contribution in [0.4, 0.5) is 11.4 Å². The summed E-state index contributed by atoms with van der Waals surface area (Å²) in [4.78, 5) is 26.7. The molecule has 3 N–H and O–H groups in total. The summed E-state index contributed by atoms with van der Waals surface area (Å²) in [6.45, 7) is 0. The molecule has 0 aliphatic rings. The van der Waals surface area contributed by atoms with Crippen LogP contribution in [0.15, 0.2) is 53.3 Å². The lowest BCUT2D eigenvalue weighted by Gasteiger charge is -2.19. The van der Waals surface area contributed by atoms with E-state index in [-0.39, 0.29) is 11.3 Å². The Kier molecular flexibility index (Phi) is 3.73. The number of anilines is 2. The van der Waals surface area contributed by atoms with Crippen LogP contribution < -0.4 is 16.2 Å². The van der Waals surface area contributed by atoms with Crippen molar-refractivity contribution in [1.82, 2.24) is 4.57 Å². The molecule has 0 unspecified atom stereocenters. The maximum atomic E-state index is 12.8. The number of nitrogens with zero attached hydrogens (tertiary/aromatic N) is 2. The summed E-state index contributed by atoms with van der Waals surface area (Å²) in [6.07, 6.45) is 0. The smallest absolute Gasteiger partial charge is 0.267 e. The van der Waals surface area contributed by atoms with Gasteiger partial charge in [-0.3, -0.25) is 9.59 Å². The van der Waals surface area contributed by atoms with Crippen molar-refractivity contribution in [1.29, 1.82) is 0 Å². The number of pyridine rings is 1. The second-order valence-corrected chi connectivity index (χ2v) is 5.56. The molecule has 1 aromatic heterocycles. The van der Waals surface area contributed by atoms with Gasteiger partial charge in [0.15, 0.2) is 0 Å². The summed E-state index contributed by atoms with van der Waals surface area (Å²) in [5, 5.41) is 10.9. The van der Waals surface area contributed by atoms with E-state index in [1.807, 2.05) is 6.07 Å². The molecule has 6 heteroatoms. The summed E-state index contributed by atoms with van der Waals surface area (Å²) in [6, 6.07) is 13.7. The zero-order valence-corrected chi connectivity index (χ0v) is 13.4. The number of rotatable bonds is 2. The van der Waals surface area contributed by atoms with E-state index < -0.39 is 11.5 Å². The monoisotopic (exact) mass is 323 g/mol. The minimum Gasteiger partial charge on any atom is -0.506 e. The number of aromatic nitrogens is 1. The van der Waals surface area contributed by atoms with Gasteiger partial charge in [0.1, 0.15) is 11.3 Å². The summed E-state index contributed by atoms with van der Waals surface area (Å²) >= 11 is 0. The normalized spacial score (nSPS) is 10.8. The molecule has 2 aromatic carbocycles. The number of benzene rings is 2. The quantitative estimate of drug-likeness (QED) is 0.707. The summed E-state index contributed by atoms with van der Waals surface area (Å²) in [5.41, 5.74) is 6.49. The van der Waals surface area contributed by atoms with Crippen LogP contribution in [-0.4, -0.2) is 22.6 Å². The maximum absolute atomic E-state index is 12.8. The van der Waals surface area contributed by atoms with Crippen LogP contribution in [0.5, 0.6) is 5.75 Å². The van der Waals surface area contributed by atoms with Crippen LogP contribution in [-0.2, 0) is 7.05 Å². The van der Waals surface area contributed by atoms with Gasteiger partial charge < -0.3 is 20.3 Å². The minimum absolute atomic E-state index is 0.276. The van der Waals surface area contributed by atoms with Gasteiger partial charge in [-0.05, 0) is 30.3 Å². The molecular formula is C18H17N3O3. The van der Waals surface area contributed by atoms with Crippen LogP contribution in [0.3, 0.4) is 0 Å². The second kappa shape index (κ2) is 5.73. The maximum Gasteiger partial charge on any atom is 0.267 e. The molecule has 1 amide bonds. The number of nitrogen functional groups attached to an aromatic ring is 1. The van der Waals surface area contributed by atoms with Gasteiger partial charge in [-0.15, -0.1) is 0 Å². The third-order valence-electron chi connectivity index (χ3n) is 4.05. The molecule has 24 heavy (non-hydrogen) atoms. The Bertz CT molecular complexity index is 994. The van der Waals surface area contributed by atoms with Gasteiger partial charge in [0.2, 0.25) is 0 Å². The highest BCUT2D eigenvalue weighted by Gasteiger charge is 2.24. The Morgan fingerprint density at radius 2 is 1.83 bits per heavy atom. The molecule has 0 saturated heterocycles. The van der Waals surface area contributed by atoms with Gasteiger partial charge in [0.25, 0.3) is 11.5 Å². The van der Waals surface area contributed by atoms with Crippen LogP contribution in [0.2, 0.25) is 0 Å². The third-order valence-corrected chi connectivity index (χ3v) is 4.05. The first kappa shape index (κ1) is 15.6. The predicted octanol–water partition coefficient (Wildman–Crippen LogP) is 2.10. The molecule has 0 bridgehead atoms.